The molecular weight excluding hydrogens is 363 g/mol. The van der Waals surface area contributed by atoms with E-state index in [1.54, 1.807) is 11.4 Å². The first kappa shape index (κ1) is 17.7. The number of nitrogens with zero attached hydrogens (tertiary/aromatic N) is 1. The SMILES string of the molecule is O=C(NCC1CC1)c1csc(-c2cccc(OCc3cccc(F)c3)c2)n1. The van der Waals surface area contributed by atoms with Gasteiger partial charge in [-0.15, -0.1) is 11.3 Å². The number of rotatable bonds is 7. The maximum atomic E-state index is 13.3. The van der Waals surface area contributed by atoms with E-state index in [9.17, 15) is 9.18 Å². The molecule has 1 N–H and O–H groups in total. The van der Waals surface area contributed by atoms with Gasteiger partial charge in [0.1, 0.15) is 28.9 Å². The van der Waals surface area contributed by atoms with Crippen LogP contribution in [0.25, 0.3) is 10.6 Å². The van der Waals surface area contributed by atoms with Crippen molar-refractivity contribution in [3.63, 3.8) is 0 Å². The van der Waals surface area contributed by atoms with Crippen LogP contribution in [0.15, 0.2) is 53.9 Å². The zero-order chi connectivity index (χ0) is 18.6. The number of ether oxygens (including phenoxy) is 1. The Balaban J connectivity index is 1.41. The van der Waals surface area contributed by atoms with Crippen molar-refractivity contribution in [1.29, 1.82) is 0 Å². The normalized spacial score (nSPS) is 13.4. The van der Waals surface area contributed by atoms with Crippen molar-refractivity contribution in [2.75, 3.05) is 6.54 Å². The predicted octanol–water partition coefficient (Wildman–Crippen LogP) is 4.67. The number of amides is 1. The molecule has 0 aliphatic heterocycles. The predicted molar refractivity (Wildman–Crippen MR) is 103 cm³/mol. The molecule has 1 aliphatic carbocycles. The Kier molecular flexibility index (Phi) is 5.16. The lowest BCUT2D eigenvalue weighted by Crippen LogP contribution is -2.25. The number of hydrogen-bond acceptors (Lipinski definition) is 4. The summed E-state index contributed by atoms with van der Waals surface area (Å²) < 4.78 is 19.0. The number of hydrogen-bond donors (Lipinski definition) is 1. The van der Waals surface area contributed by atoms with Gasteiger partial charge < -0.3 is 10.1 Å². The molecule has 2 aromatic carbocycles. The highest BCUT2D eigenvalue weighted by molar-refractivity contribution is 7.13. The molecule has 0 saturated heterocycles. The van der Waals surface area contributed by atoms with Crippen LogP contribution in [0.2, 0.25) is 0 Å². The number of carbonyl (C=O) groups excluding carboxylic acids is 1. The van der Waals surface area contributed by atoms with Crippen molar-refractivity contribution < 1.29 is 13.9 Å². The van der Waals surface area contributed by atoms with Crippen molar-refractivity contribution in [1.82, 2.24) is 10.3 Å². The second-order valence-electron chi connectivity index (χ2n) is 6.64. The van der Waals surface area contributed by atoms with Gasteiger partial charge in [-0.05, 0) is 48.6 Å². The van der Waals surface area contributed by atoms with Crippen LogP contribution in [0.4, 0.5) is 4.39 Å². The first-order valence-electron chi connectivity index (χ1n) is 8.89. The lowest BCUT2D eigenvalue weighted by atomic mass is 10.2. The molecule has 0 bridgehead atoms. The Hall–Kier alpha value is -2.73. The molecule has 0 radical (unpaired) electrons. The number of thiazole rings is 1. The summed E-state index contributed by atoms with van der Waals surface area (Å²) in [4.78, 5) is 16.6. The van der Waals surface area contributed by atoms with E-state index < -0.39 is 0 Å². The molecule has 1 saturated carbocycles. The summed E-state index contributed by atoms with van der Waals surface area (Å²) in [6.07, 6.45) is 2.40. The van der Waals surface area contributed by atoms with Crippen molar-refractivity contribution in [3.8, 4) is 16.3 Å². The van der Waals surface area contributed by atoms with Crippen LogP contribution >= 0.6 is 11.3 Å². The van der Waals surface area contributed by atoms with E-state index in [-0.39, 0.29) is 18.3 Å². The first-order valence-corrected chi connectivity index (χ1v) is 9.77. The smallest absolute Gasteiger partial charge is 0.270 e. The minimum Gasteiger partial charge on any atom is -0.489 e. The van der Waals surface area contributed by atoms with Gasteiger partial charge in [0.05, 0.1) is 0 Å². The first-order chi connectivity index (χ1) is 13.2. The maximum absolute atomic E-state index is 13.3. The molecule has 4 nitrogen and oxygen atoms in total. The van der Waals surface area contributed by atoms with Crippen LogP contribution in [0, 0.1) is 11.7 Å². The Bertz CT molecular complexity index is 953. The zero-order valence-electron chi connectivity index (χ0n) is 14.7. The summed E-state index contributed by atoms with van der Waals surface area (Å²) in [5.41, 5.74) is 2.10. The van der Waals surface area contributed by atoms with E-state index in [4.69, 9.17) is 4.74 Å². The van der Waals surface area contributed by atoms with Gasteiger partial charge in [-0.3, -0.25) is 4.79 Å². The van der Waals surface area contributed by atoms with E-state index in [1.807, 2.05) is 30.3 Å². The second-order valence-corrected chi connectivity index (χ2v) is 7.50. The third-order valence-corrected chi connectivity index (χ3v) is 5.25. The van der Waals surface area contributed by atoms with E-state index in [0.717, 1.165) is 22.7 Å². The van der Waals surface area contributed by atoms with Crippen molar-refractivity contribution in [2.45, 2.75) is 19.4 Å². The molecule has 1 heterocycles. The molecule has 0 atom stereocenters. The van der Waals surface area contributed by atoms with Crippen LogP contribution in [0.3, 0.4) is 0 Å². The van der Waals surface area contributed by atoms with E-state index in [0.29, 0.717) is 17.4 Å². The molecule has 4 rings (SSSR count). The Labute approximate surface area is 161 Å². The average molecular weight is 382 g/mol. The molecule has 138 valence electrons. The fraction of sp³-hybridized carbons (Fsp3) is 0.238. The maximum Gasteiger partial charge on any atom is 0.270 e. The number of benzene rings is 2. The summed E-state index contributed by atoms with van der Waals surface area (Å²) in [6, 6.07) is 13.9. The fourth-order valence-corrected chi connectivity index (χ4v) is 3.47. The molecule has 1 aromatic heterocycles. The summed E-state index contributed by atoms with van der Waals surface area (Å²) in [6.45, 7) is 1.02. The van der Waals surface area contributed by atoms with Gasteiger partial charge in [-0.1, -0.05) is 24.3 Å². The van der Waals surface area contributed by atoms with Gasteiger partial charge in [0.25, 0.3) is 5.91 Å². The largest absolute Gasteiger partial charge is 0.489 e. The summed E-state index contributed by atoms with van der Waals surface area (Å²) in [5, 5.41) is 5.47. The molecule has 0 unspecified atom stereocenters. The molecule has 3 aromatic rings. The van der Waals surface area contributed by atoms with Crippen LogP contribution in [-0.2, 0) is 6.61 Å². The molecule has 1 aliphatic rings. The van der Waals surface area contributed by atoms with Gasteiger partial charge >= 0.3 is 0 Å². The lowest BCUT2D eigenvalue weighted by Gasteiger charge is -2.07. The van der Waals surface area contributed by atoms with Crippen molar-refractivity contribution >= 4 is 17.2 Å². The molecule has 1 fully saturated rings. The number of halogens is 1. The Morgan fingerprint density at radius 1 is 1.22 bits per heavy atom. The number of aromatic nitrogens is 1. The van der Waals surface area contributed by atoms with Crippen molar-refractivity contribution in [3.05, 3.63) is 71.0 Å². The topological polar surface area (TPSA) is 51.2 Å². The van der Waals surface area contributed by atoms with E-state index in [2.05, 4.69) is 10.3 Å². The highest BCUT2D eigenvalue weighted by Gasteiger charge is 2.22. The van der Waals surface area contributed by atoms with E-state index >= 15 is 0 Å². The van der Waals surface area contributed by atoms with Gasteiger partial charge in [0.2, 0.25) is 0 Å². The van der Waals surface area contributed by atoms with Crippen LogP contribution in [-0.4, -0.2) is 17.4 Å². The third-order valence-electron chi connectivity index (χ3n) is 4.36. The summed E-state index contributed by atoms with van der Waals surface area (Å²) in [5.74, 6) is 0.911. The van der Waals surface area contributed by atoms with E-state index in [1.165, 1.54) is 36.3 Å². The summed E-state index contributed by atoms with van der Waals surface area (Å²) >= 11 is 1.43. The Morgan fingerprint density at radius 2 is 2.07 bits per heavy atom. The number of carbonyl (C=O) groups is 1. The standard InChI is InChI=1S/C21H19FN2O2S/c22-17-5-1-3-15(9-17)12-26-18-6-2-4-16(10-18)21-24-19(13-27-21)20(25)23-11-14-7-8-14/h1-6,9-10,13-14H,7-8,11-12H2,(H,23,25). The van der Waals surface area contributed by atoms with Gasteiger partial charge in [0.15, 0.2) is 0 Å². The lowest BCUT2D eigenvalue weighted by molar-refractivity contribution is 0.0947. The molecule has 27 heavy (non-hydrogen) atoms. The fourth-order valence-electron chi connectivity index (χ4n) is 2.67. The van der Waals surface area contributed by atoms with Gasteiger partial charge in [0, 0.05) is 17.5 Å². The molecule has 6 heteroatoms. The average Bonchev–Trinajstić information content (AvgIpc) is 3.38. The molecular formula is C21H19FN2O2S. The van der Waals surface area contributed by atoms with Gasteiger partial charge in [-0.25, -0.2) is 9.37 Å². The molecule has 1 amide bonds. The minimum atomic E-state index is -0.278. The van der Waals surface area contributed by atoms with Crippen LogP contribution < -0.4 is 10.1 Å². The monoisotopic (exact) mass is 382 g/mol. The Morgan fingerprint density at radius 3 is 2.89 bits per heavy atom. The highest BCUT2D eigenvalue weighted by Crippen LogP contribution is 2.29. The summed E-state index contributed by atoms with van der Waals surface area (Å²) in [7, 11) is 0. The quantitative estimate of drug-likeness (QED) is 0.646. The van der Waals surface area contributed by atoms with Crippen LogP contribution in [0.1, 0.15) is 28.9 Å². The second kappa shape index (κ2) is 7.88. The molecule has 0 spiro atoms. The highest BCUT2D eigenvalue weighted by atomic mass is 32.1. The number of nitrogens with one attached hydrogen (secondary N) is 1. The van der Waals surface area contributed by atoms with Crippen molar-refractivity contribution in [2.24, 2.45) is 5.92 Å². The van der Waals surface area contributed by atoms with Gasteiger partial charge in [-0.2, -0.15) is 0 Å². The zero-order valence-corrected chi connectivity index (χ0v) is 15.5. The van der Waals surface area contributed by atoms with Crippen LogP contribution in [0.5, 0.6) is 5.75 Å². The minimum absolute atomic E-state index is 0.122. The third kappa shape index (κ3) is 4.71.